The first-order valence-electron chi connectivity index (χ1n) is 5.61. The van der Waals surface area contributed by atoms with Crippen LogP contribution in [0.2, 0.25) is 0 Å². The standard InChI is InChI=1S/C11H13F3N2O4S/c1-20-10(17)9(8-5-3-2-4-6-8)16-21(18,19)15-7-11(12,13)14/h2-6,9,15-16H,7H2,1H3. The highest BCUT2D eigenvalue weighted by molar-refractivity contribution is 7.87. The summed E-state index contributed by atoms with van der Waals surface area (Å²) in [5.74, 6) is -0.946. The molecule has 1 atom stereocenters. The number of halogens is 3. The zero-order chi connectivity index (χ0) is 16.1. The SMILES string of the molecule is COC(=O)C(NS(=O)(=O)NCC(F)(F)F)c1ccccc1. The van der Waals surface area contributed by atoms with Crippen molar-refractivity contribution in [2.45, 2.75) is 12.2 Å². The molecule has 1 aromatic carbocycles. The maximum atomic E-state index is 12.0. The van der Waals surface area contributed by atoms with Crippen LogP contribution in [0.1, 0.15) is 11.6 Å². The van der Waals surface area contributed by atoms with Crippen molar-refractivity contribution in [1.29, 1.82) is 0 Å². The summed E-state index contributed by atoms with van der Waals surface area (Å²) in [5, 5.41) is 0. The number of methoxy groups -OCH3 is 1. The zero-order valence-corrected chi connectivity index (χ0v) is 11.7. The summed E-state index contributed by atoms with van der Waals surface area (Å²) in [6.45, 7) is -1.75. The summed E-state index contributed by atoms with van der Waals surface area (Å²) in [4.78, 5) is 11.6. The molecular weight excluding hydrogens is 313 g/mol. The number of carbonyl (C=O) groups excluding carboxylic acids is 1. The van der Waals surface area contributed by atoms with E-state index in [9.17, 15) is 26.4 Å². The molecule has 21 heavy (non-hydrogen) atoms. The highest BCUT2D eigenvalue weighted by atomic mass is 32.2. The molecule has 10 heteroatoms. The van der Waals surface area contributed by atoms with Gasteiger partial charge in [-0.15, -0.1) is 0 Å². The molecule has 0 saturated carbocycles. The first kappa shape index (κ1) is 17.4. The Morgan fingerprint density at radius 3 is 2.33 bits per heavy atom. The summed E-state index contributed by atoms with van der Waals surface area (Å²) in [5.41, 5.74) is 0.238. The van der Waals surface area contributed by atoms with Gasteiger partial charge in [0.05, 0.1) is 7.11 Å². The van der Waals surface area contributed by atoms with Gasteiger partial charge in [-0.2, -0.15) is 31.0 Å². The average molecular weight is 326 g/mol. The van der Waals surface area contributed by atoms with E-state index in [1.54, 1.807) is 18.2 Å². The molecule has 0 saturated heterocycles. The molecule has 1 aromatic rings. The van der Waals surface area contributed by atoms with Gasteiger partial charge in [-0.3, -0.25) is 0 Å². The van der Waals surface area contributed by atoms with Crippen molar-refractivity contribution < 1.29 is 31.1 Å². The monoisotopic (exact) mass is 326 g/mol. The van der Waals surface area contributed by atoms with Gasteiger partial charge in [-0.05, 0) is 5.56 Å². The van der Waals surface area contributed by atoms with Crippen LogP contribution in [0, 0.1) is 0 Å². The van der Waals surface area contributed by atoms with Crippen LogP contribution < -0.4 is 9.44 Å². The number of ether oxygens (including phenoxy) is 1. The van der Waals surface area contributed by atoms with Crippen LogP contribution in [0.15, 0.2) is 30.3 Å². The number of carbonyl (C=O) groups is 1. The van der Waals surface area contributed by atoms with E-state index in [-0.39, 0.29) is 5.56 Å². The highest BCUT2D eigenvalue weighted by Gasteiger charge is 2.32. The molecule has 1 unspecified atom stereocenters. The van der Waals surface area contributed by atoms with Crippen LogP contribution in [-0.2, 0) is 19.7 Å². The van der Waals surface area contributed by atoms with Gasteiger partial charge >= 0.3 is 12.1 Å². The van der Waals surface area contributed by atoms with Gasteiger partial charge in [0.1, 0.15) is 12.6 Å². The van der Waals surface area contributed by atoms with Crippen molar-refractivity contribution in [2.75, 3.05) is 13.7 Å². The Kier molecular flexibility index (Phi) is 5.70. The summed E-state index contributed by atoms with van der Waals surface area (Å²) >= 11 is 0. The van der Waals surface area contributed by atoms with Gasteiger partial charge in [0.25, 0.3) is 10.2 Å². The van der Waals surface area contributed by atoms with E-state index >= 15 is 0 Å². The second-order valence-electron chi connectivity index (χ2n) is 3.92. The van der Waals surface area contributed by atoms with Crippen LogP contribution in [0.4, 0.5) is 13.2 Å². The molecular formula is C11H13F3N2O4S. The molecule has 0 heterocycles. The normalized spacial score (nSPS) is 13.7. The molecule has 0 radical (unpaired) electrons. The number of hydrogen-bond donors (Lipinski definition) is 2. The van der Waals surface area contributed by atoms with Crippen LogP contribution in [0.3, 0.4) is 0 Å². The van der Waals surface area contributed by atoms with Gasteiger partial charge in [0.2, 0.25) is 0 Å². The Hall–Kier alpha value is -1.65. The van der Waals surface area contributed by atoms with E-state index in [2.05, 4.69) is 4.74 Å². The van der Waals surface area contributed by atoms with Crippen molar-refractivity contribution in [3.8, 4) is 0 Å². The van der Waals surface area contributed by atoms with E-state index in [1.807, 2.05) is 4.72 Å². The molecule has 0 aliphatic rings. The Bertz CT molecular complexity index is 575. The third kappa shape index (κ3) is 6.10. The topological polar surface area (TPSA) is 84.5 Å². The largest absolute Gasteiger partial charge is 0.468 e. The molecule has 0 bridgehead atoms. The lowest BCUT2D eigenvalue weighted by Crippen LogP contribution is -2.44. The highest BCUT2D eigenvalue weighted by Crippen LogP contribution is 2.16. The summed E-state index contributed by atoms with van der Waals surface area (Å²) in [6, 6.07) is 6.16. The second-order valence-corrected chi connectivity index (χ2v) is 5.46. The number of alkyl halides is 3. The fourth-order valence-electron chi connectivity index (χ4n) is 1.39. The van der Waals surface area contributed by atoms with Gasteiger partial charge in [0.15, 0.2) is 0 Å². The minimum atomic E-state index is -4.71. The maximum absolute atomic E-state index is 12.0. The van der Waals surface area contributed by atoms with Gasteiger partial charge in [-0.25, -0.2) is 4.79 Å². The third-order valence-electron chi connectivity index (χ3n) is 2.31. The minimum absolute atomic E-state index is 0.238. The molecule has 6 nitrogen and oxygen atoms in total. The molecule has 0 spiro atoms. The molecule has 0 aliphatic carbocycles. The maximum Gasteiger partial charge on any atom is 0.402 e. The minimum Gasteiger partial charge on any atom is -0.468 e. The Labute approximate surface area is 119 Å². The molecule has 1 rings (SSSR count). The summed E-state index contributed by atoms with van der Waals surface area (Å²) in [7, 11) is -3.50. The van der Waals surface area contributed by atoms with Crippen molar-refractivity contribution >= 4 is 16.2 Å². The van der Waals surface area contributed by atoms with Gasteiger partial charge < -0.3 is 4.74 Å². The molecule has 2 N–H and O–H groups in total. The number of hydrogen-bond acceptors (Lipinski definition) is 4. The number of benzene rings is 1. The van der Waals surface area contributed by atoms with Crippen LogP contribution in [0.5, 0.6) is 0 Å². The Morgan fingerprint density at radius 2 is 1.86 bits per heavy atom. The fourth-order valence-corrected chi connectivity index (χ4v) is 2.37. The van der Waals surface area contributed by atoms with Crippen LogP contribution in [-0.4, -0.2) is 34.2 Å². The molecule has 0 fully saturated rings. The van der Waals surface area contributed by atoms with E-state index in [4.69, 9.17) is 0 Å². The van der Waals surface area contributed by atoms with Crippen LogP contribution >= 0.6 is 0 Å². The lowest BCUT2D eigenvalue weighted by molar-refractivity contribution is -0.142. The lowest BCUT2D eigenvalue weighted by Gasteiger charge is -2.17. The summed E-state index contributed by atoms with van der Waals surface area (Å²) < 4.78 is 66.7. The quantitative estimate of drug-likeness (QED) is 0.760. The molecule has 0 aliphatic heterocycles. The summed E-state index contributed by atoms with van der Waals surface area (Å²) in [6.07, 6.45) is -4.71. The third-order valence-corrected chi connectivity index (χ3v) is 3.38. The van der Waals surface area contributed by atoms with E-state index < -0.39 is 34.9 Å². The van der Waals surface area contributed by atoms with E-state index in [0.717, 1.165) is 7.11 Å². The van der Waals surface area contributed by atoms with E-state index in [1.165, 1.54) is 16.9 Å². The second kappa shape index (κ2) is 6.87. The smallest absolute Gasteiger partial charge is 0.402 e. The fraction of sp³-hybridized carbons (Fsp3) is 0.364. The van der Waals surface area contributed by atoms with Crippen molar-refractivity contribution in [3.05, 3.63) is 35.9 Å². The van der Waals surface area contributed by atoms with Crippen molar-refractivity contribution in [3.63, 3.8) is 0 Å². The molecule has 118 valence electrons. The first-order chi connectivity index (χ1) is 9.64. The van der Waals surface area contributed by atoms with Crippen molar-refractivity contribution in [1.82, 2.24) is 9.44 Å². The Balaban J connectivity index is 2.90. The first-order valence-corrected chi connectivity index (χ1v) is 7.09. The van der Waals surface area contributed by atoms with Gasteiger partial charge in [0, 0.05) is 0 Å². The predicted molar refractivity (Wildman–Crippen MR) is 67.3 cm³/mol. The zero-order valence-electron chi connectivity index (χ0n) is 10.8. The number of nitrogens with one attached hydrogen (secondary N) is 2. The lowest BCUT2D eigenvalue weighted by atomic mass is 10.1. The van der Waals surface area contributed by atoms with Gasteiger partial charge in [-0.1, -0.05) is 30.3 Å². The Morgan fingerprint density at radius 1 is 1.29 bits per heavy atom. The molecule has 0 aromatic heterocycles. The number of esters is 1. The predicted octanol–water partition coefficient (Wildman–Crippen LogP) is 0.887. The van der Waals surface area contributed by atoms with Crippen LogP contribution in [0.25, 0.3) is 0 Å². The molecule has 0 amide bonds. The average Bonchev–Trinajstić information content (AvgIpc) is 2.42. The van der Waals surface area contributed by atoms with E-state index in [0.29, 0.717) is 0 Å². The number of rotatable bonds is 6. The van der Waals surface area contributed by atoms with Crippen molar-refractivity contribution in [2.24, 2.45) is 0 Å².